The van der Waals surface area contributed by atoms with Gasteiger partial charge < -0.3 is 4.57 Å². The van der Waals surface area contributed by atoms with Crippen LogP contribution in [-0.4, -0.2) is 29.1 Å². The molecule has 0 fully saturated rings. The lowest BCUT2D eigenvalue weighted by atomic mass is 9.94. The molecule has 0 amide bonds. The van der Waals surface area contributed by atoms with E-state index in [9.17, 15) is 0 Å². The minimum absolute atomic E-state index is 0.567. The van der Waals surface area contributed by atoms with Gasteiger partial charge in [0.15, 0.2) is 0 Å². The van der Waals surface area contributed by atoms with Crippen molar-refractivity contribution < 1.29 is 0 Å². The molecule has 13 rings (SSSR count). The second kappa shape index (κ2) is 13.5. The van der Waals surface area contributed by atoms with Crippen molar-refractivity contribution in [3.8, 4) is 45.5 Å². The minimum Gasteiger partial charge on any atom is -0.309 e. The number of aromatic nitrogens is 6. The summed E-state index contributed by atoms with van der Waals surface area (Å²) in [4.78, 5) is 19.6. The Hall–Kier alpha value is -8.48. The molecule has 0 saturated heterocycles. The topological polar surface area (TPSA) is 61.4 Å². The van der Waals surface area contributed by atoms with Crippen LogP contribution in [0.2, 0.25) is 0 Å². The third-order valence-electron chi connectivity index (χ3n) is 12.4. The summed E-state index contributed by atoms with van der Waals surface area (Å²) in [5, 5.41) is 12.3. The summed E-state index contributed by atoms with van der Waals surface area (Å²) in [7, 11) is 0. The summed E-state index contributed by atoms with van der Waals surface area (Å²) in [5.41, 5.74) is 10.9. The highest BCUT2D eigenvalue weighted by Crippen LogP contribution is 2.41. The van der Waals surface area contributed by atoms with Crippen molar-refractivity contribution in [1.29, 1.82) is 0 Å². The van der Waals surface area contributed by atoms with Crippen molar-refractivity contribution in [2.24, 2.45) is 0 Å². The maximum Gasteiger partial charge on any atom is 0.235 e. The molecule has 6 nitrogen and oxygen atoms in total. The maximum absolute atomic E-state index is 5.15. The summed E-state index contributed by atoms with van der Waals surface area (Å²) >= 11 is 0. The van der Waals surface area contributed by atoms with Crippen LogP contribution in [0.5, 0.6) is 0 Å². The molecule has 6 heteroatoms. The number of para-hydroxylation sites is 2. The van der Waals surface area contributed by atoms with Gasteiger partial charge in [-0.25, -0.2) is 9.97 Å². The van der Waals surface area contributed by atoms with Crippen LogP contribution < -0.4 is 0 Å². The second-order valence-corrected chi connectivity index (χ2v) is 15.9. The standard InChI is InChI=1S/C56H34N6/c1-2-15-40-38(13-1)39-14-3-4-16-41(39)45-33-37(25-26-42(40)45)61-52-21-7-5-17-43(52)46-31-35(23-27-54(46)61)36-24-28-55-47(32-36)44-18-6-8-22-53(44)62(55)56-59-50(48-19-9-11-29-57-48)34-51(60-56)49-20-10-12-30-58-49/h1-34H. The van der Waals surface area contributed by atoms with E-state index >= 15 is 0 Å². The van der Waals surface area contributed by atoms with Crippen molar-refractivity contribution >= 4 is 75.9 Å². The average Bonchev–Trinajstić information content (AvgIpc) is 3.86. The predicted molar refractivity (Wildman–Crippen MR) is 255 cm³/mol. The molecule has 0 aliphatic carbocycles. The van der Waals surface area contributed by atoms with Crippen molar-refractivity contribution in [2.45, 2.75) is 0 Å². The number of pyridine rings is 2. The molecule has 13 aromatic rings. The number of hydrogen-bond donors (Lipinski definition) is 0. The number of hydrogen-bond acceptors (Lipinski definition) is 4. The smallest absolute Gasteiger partial charge is 0.235 e. The lowest BCUT2D eigenvalue weighted by Crippen LogP contribution is -2.04. The Morgan fingerprint density at radius 3 is 1.24 bits per heavy atom. The molecule has 0 radical (unpaired) electrons. The second-order valence-electron chi connectivity index (χ2n) is 15.9. The zero-order chi connectivity index (χ0) is 40.7. The molecule has 288 valence electrons. The number of rotatable bonds is 5. The van der Waals surface area contributed by atoms with E-state index in [1.165, 1.54) is 54.1 Å². The monoisotopic (exact) mass is 790 g/mol. The summed E-state index contributed by atoms with van der Waals surface area (Å²) in [6, 6.07) is 69.2. The molecule has 0 saturated carbocycles. The third kappa shape index (κ3) is 5.23. The molecule has 0 aliphatic rings. The van der Waals surface area contributed by atoms with Gasteiger partial charge in [0.2, 0.25) is 5.95 Å². The SMILES string of the molecule is c1ccc(-c2cc(-c3ccccn3)nc(-n3c4ccccc4c4cc(-c5ccc6c(c5)c5ccccc5n6-c5ccc6c7ccccc7c7ccccc7c6c5)ccc43)n2)nc1. The van der Waals surface area contributed by atoms with Crippen LogP contribution in [0.15, 0.2) is 207 Å². The lowest BCUT2D eigenvalue weighted by molar-refractivity contribution is 0.988. The van der Waals surface area contributed by atoms with Crippen LogP contribution in [0.1, 0.15) is 0 Å². The lowest BCUT2D eigenvalue weighted by Gasteiger charge is -2.14. The highest BCUT2D eigenvalue weighted by molar-refractivity contribution is 6.25. The van der Waals surface area contributed by atoms with Crippen molar-refractivity contribution in [1.82, 2.24) is 29.1 Å². The van der Waals surface area contributed by atoms with E-state index in [1.807, 2.05) is 42.5 Å². The number of benzene rings is 8. The Morgan fingerprint density at radius 1 is 0.274 bits per heavy atom. The van der Waals surface area contributed by atoms with Crippen LogP contribution in [0.3, 0.4) is 0 Å². The quantitative estimate of drug-likeness (QED) is 0.163. The van der Waals surface area contributed by atoms with Gasteiger partial charge in [-0.3, -0.25) is 14.5 Å². The average molecular weight is 791 g/mol. The van der Waals surface area contributed by atoms with Crippen LogP contribution >= 0.6 is 0 Å². The van der Waals surface area contributed by atoms with Gasteiger partial charge in [-0.2, -0.15) is 0 Å². The van der Waals surface area contributed by atoms with Gasteiger partial charge in [-0.15, -0.1) is 0 Å². The molecule has 0 atom stereocenters. The fourth-order valence-electron chi connectivity index (χ4n) is 9.66. The first-order valence-corrected chi connectivity index (χ1v) is 20.9. The molecule has 5 aromatic heterocycles. The molecule has 0 N–H and O–H groups in total. The first-order chi connectivity index (χ1) is 30.7. The maximum atomic E-state index is 5.15. The van der Waals surface area contributed by atoms with Crippen LogP contribution in [0.4, 0.5) is 0 Å². The van der Waals surface area contributed by atoms with Crippen LogP contribution in [0, 0.1) is 0 Å². The number of fused-ring (bicyclic) bond motifs is 12. The van der Waals surface area contributed by atoms with E-state index in [-0.39, 0.29) is 0 Å². The van der Waals surface area contributed by atoms with Gasteiger partial charge in [-0.1, -0.05) is 115 Å². The number of nitrogens with zero attached hydrogens (tertiary/aromatic N) is 6. The summed E-state index contributed by atoms with van der Waals surface area (Å²) in [5.74, 6) is 0.567. The Balaban J connectivity index is 0.979. The van der Waals surface area contributed by atoms with Crippen LogP contribution in [-0.2, 0) is 0 Å². The van der Waals surface area contributed by atoms with E-state index < -0.39 is 0 Å². The Labute approximate surface area is 355 Å². The Morgan fingerprint density at radius 2 is 0.710 bits per heavy atom. The zero-order valence-electron chi connectivity index (χ0n) is 33.3. The van der Waals surface area contributed by atoms with Crippen molar-refractivity contribution in [2.75, 3.05) is 0 Å². The molecule has 0 spiro atoms. The molecule has 0 bridgehead atoms. The highest BCUT2D eigenvalue weighted by Gasteiger charge is 2.20. The first-order valence-electron chi connectivity index (χ1n) is 20.9. The van der Waals surface area contributed by atoms with E-state index in [4.69, 9.17) is 9.97 Å². The summed E-state index contributed by atoms with van der Waals surface area (Å²) < 4.78 is 4.59. The van der Waals surface area contributed by atoms with Crippen molar-refractivity contribution in [3.05, 3.63) is 207 Å². The first kappa shape index (κ1) is 34.4. The van der Waals surface area contributed by atoms with Gasteiger partial charge in [0.1, 0.15) is 0 Å². The third-order valence-corrected chi connectivity index (χ3v) is 12.4. The van der Waals surface area contributed by atoms with Crippen molar-refractivity contribution in [3.63, 3.8) is 0 Å². The zero-order valence-corrected chi connectivity index (χ0v) is 33.3. The molecule has 8 aromatic carbocycles. The molecule has 62 heavy (non-hydrogen) atoms. The highest BCUT2D eigenvalue weighted by atomic mass is 15.2. The van der Waals surface area contributed by atoms with Gasteiger partial charge in [-0.05, 0) is 122 Å². The molecule has 0 unspecified atom stereocenters. The van der Waals surface area contributed by atoms with E-state index in [2.05, 4.69) is 171 Å². The fourth-order valence-corrected chi connectivity index (χ4v) is 9.66. The van der Waals surface area contributed by atoms with E-state index in [0.717, 1.165) is 61.4 Å². The molecular formula is C56H34N6. The minimum atomic E-state index is 0.567. The Bertz CT molecular complexity index is 3830. The van der Waals surface area contributed by atoms with Gasteiger partial charge in [0.25, 0.3) is 0 Å². The Kier molecular flexibility index (Phi) is 7.50. The predicted octanol–water partition coefficient (Wildman–Crippen LogP) is 13.9. The largest absolute Gasteiger partial charge is 0.309 e. The van der Waals surface area contributed by atoms with E-state index in [1.54, 1.807) is 12.4 Å². The van der Waals surface area contributed by atoms with E-state index in [0.29, 0.717) is 5.95 Å². The summed E-state index contributed by atoms with van der Waals surface area (Å²) in [6.07, 6.45) is 3.59. The normalized spacial score (nSPS) is 11.9. The fraction of sp³-hybridized carbons (Fsp3) is 0. The summed E-state index contributed by atoms with van der Waals surface area (Å²) in [6.45, 7) is 0. The van der Waals surface area contributed by atoms with Gasteiger partial charge in [0, 0.05) is 39.6 Å². The van der Waals surface area contributed by atoms with Crippen LogP contribution in [0.25, 0.3) is 121 Å². The van der Waals surface area contributed by atoms with Gasteiger partial charge in [0.05, 0.1) is 44.8 Å². The molecule has 5 heterocycles. The molecular weight excluding hydrogens is 757 g/mol. The van der Waals surface area contributed by atoms with Gasteiger partial charge >= 0.3 is 0 Å². The molecule has 0 aliphatic heterocycles.